The topological polar surface area (TPSA) is 58.4 Å². The number of amides is 2. The van der Waals surface area contributed by atoms with Gasteiger partial charge in [0, 0.05) is 36.7 Å². The van der Waals surface area contributed by atoms with E-state index < -0.39 is 0 Å². The second-order valence-electron chi connectivity index (χ2n) is 11.9. The molecule has 1 unspecified atom stereocenters. The third-order valence-corrected chi connectivity index (χ3v) is 9.35. The minimum absolute atomic E-state index is 0.0404. The molecule has 1 saturated heterocycles. The molecule has 39 heavy (non-hydrogen) atoms. The van der Waals surface area contributed by atoms with Crippen LogP contribution in [-0.2, 0) is 22.6 Å². The maximum Gasteiger partial charge on any atom is 0.243 e. The Bertz CT molecular complexity index is 1280. The van der Waals surface area contributed by atoms with Crippen molar-refractivity contribution in [1.82, 2.24) is 14.5 Å². The summed E-state index contributed by atoms with van der Waals surface area (Å²) in [5.41, 5.74) is 4.11. The van der Waals surface area contributed by atoms with Gasteiger partial charge in [0.25, 0.3) is 0 Å². The molecule has 206 valence electrons. The SMILES string of the molecule is CCc1ccc(N2CC(c3nc4ccccc4n3CC(=O)N(C3CCCCC3)C3CCCCC3)CC2=O)cc1. The molecular formula is C33H42N4O2. The predicted molar refractivity (Wildman–Crippen MR) is 156 cm³/mol. The lowest BCUT2D eigenvalue weighted by atomic mass is 9.88. The molecule has 2 aromatic carbocycles. The van der Waals surface area contributed by atoms with Gasteiger partial charge in [0.05, 0.1) is 11.0 Å². The van der Waals surface area contributed by atoms with Gasteiger partial charge in [-0.2, -0.15) is 0 Å². The van der Waals surface area contributed by atoms with Crippen molar-refractivity contribution < 1.29 is 9.59 Å². The van der Waals surface area contributed by atoms with Crippen LogP contribution in [0, 0.1) is 0 Å². The van der Waals surface area contributed by atoms with Crippen molar-refractivity contribution in [2.75, 3.05) is 11.4 Å². The fraction of sp³-hybridized carbons (Fsp3) is 0.545. The molecule has 2 heterocycles. The van der Waals surface area contributed by atoms with E-state index in [2.05, 4.69) is 46.7 Å². The third-order valence-electron chi connectivity index (χ3n) is 9.35. The van der Waals surface area contributed by atoms with Gasteiger partial charge < -0.3 is 14.4 Å². The van der Waals surface area contributed by atoms with Crippen LogP contribution in [0.3, 0.4) is 0 Å². The predicted octanol–water partition coefficient (Wildman–Crippen LogP) is 6.61. The van der Waals surface area contributed by atoms with Crippen LogP contribution in [0.1, 0.15) is 94.9 Å². The Morgan fingerprint density at radius 1 is 0.897 bits per heavy atom. The number of hydrogen-bond donors (Lipinski definition) is 0. The first kappa shape index (κ1) is 26.1. The van der Waals surface area contributed by atoms with Gasteiger partial charge in [-0.05, 0) is 61.9 Å². The molecule has 6 nitrogen and oxygen atoms in total. The number of rotatable bonds is 7. The van der Waals surface area contributed by atoms with Crippen molar-refractivity contribution in [2.45, 2.75) is 109 Å². The largest absolute Gasteiger partial charge is 0.335 e. The van der Waals surface area contributed by atoms with Crippen LogP contribution in [-0.4, -0.2) is 44.9 Å². The Labute approximate surface area is 232 Å². The molecule has 2 amide bonds. The van der Waals surface area contributed by atoms with Crippen LogP contribution in [0.15, 0.2) is 48.5 Å². The molecule has 0 bridgehead atoms. The number of carbonyl (C=O) groups excluding carboxylic acids is 2. The van der Waals surface area contributed by atoms with Crippen molar-refractivity contribution in [2.24, 2.45) is 0 Å². The number of anilines is 1. The number of fused-ring (bicyclic) bond motifs is 1. The summed E-state index contributed by atoms with van der Waals surface area (Å²) in [6.45, 7) is 3.04. The highest BCUT2D eigenvalue weighted by molar-refractivity contribution is 5.96. The highest BCUT2D eigenvalue weighted by Gasteiger charge is 2.37. The van der Waals surface area contributed by atoms with Crippen LogP contribution < -0.4 is 4.90 Å². The molecule has 6 heteroatoms. The van der Waals surface area contributed by atoms with Gasteiger partial charge in [-0.3, -0.25) is 9.59 Å². The summed E-state index contributed by atoms with van der Waals surface area (Å²) in [5.74, 6) is 1.19. The quantitative estimate of drug-likeness (QED) is 0.348. The first-order chi connectivity index (χ1) is 19.1. The van der Waals surface area contributed by atoms with Gasteiger partial charge in [-0.25, -0.2) is 4.98 Å². The van der Waals surface area contributed by atoms with E-state index in [9.17, 15) is 9.59 Å². The van der Waals surface area contributed by atoms with E-state index in [1.807, 2.05) is 23.1 Å². The van der Waals surface area contributed by atoms with Crippen LogP contribution in [0.4, 0.5) is 5.69 Å². The molecule has 1 aromatic heterocycles. The third kappa shape index (κ3) is 5.35. The van der Waals surface area contributed by atoms with Crippen LogP contribution in [0.5, 0.6) is 0 Å². The van der Waals surface area contributed by atoms with E-state index in [1.54, 1.807) is 0 Å². The van der Waals surface area contributed by atoms with Crippen LogP contribution in [0.25, 0.3) is 11.0 Å². The highest BCUT2D eigenvalue weighted by atomic mass is 16.2. The minimum atomic E-state index is -0.0404. The van der Waals surface area contributed by atoms with Crippen LogP contribution >= 0.6 is 0 Å². The van der Waals surface area contributed by atoms with Gasteiger partial charge in [0.2, 0.25) is 11.8 Å². The molecule has 2 aliphatic carbocycles. The lowest BCUT2D eigenvalue weighted by Gasteiger charge is -2.42. The molecule has 6 rings (SSSR count). The average Bonchev–Trinajstić information content (AvgIpc) is 3.55. The number of benzene rings is 2. The maximum atomic E-state index is 14.2. The summed E-state index contributed by atoms with van der Waals surface area (Å²) in [4.78, 5) is 36.7. The summed E-state index contributed by atoms with van der Waals surface area (Å²) in [7, 11) is 0. The second kappa shape index (κ2) is 11.5. The standard InChI is InChI=1S/C33H42N4O2/c1-2-24-17-19-26(20-18-24)35-22-25(21-31(35)38)33-34-29-15-9-10-16-30(29)36(33)23-32(39)37(27-11-5-3-6-12-27)28-13-7-4-8-14-28/h9-10,15-20,25,27-28H,2-8,11-14,21-23H2,1H3. The number of aryl methyl sites for hydroxylation is 1. The number of nitrogens with zero attached hydrogens (tertiary/aromatic N) is 4. The highest BCUT2D eigenvalue weighted by Crippen LogP contribution is 2.35. The van der Waals surface area contributed by atoms with Crippen molar-refractivity contribution in [3.63, 3.8) is 0 Å². The minimum Gasteiger partial charge on any atom is -0.335 e. The Balaban J connectivity index is 1.30. The summed E-state index contributed by atoms with van der Waals surface area (Å²) in [5, 5.41) is 0. The van der Waals surface area contributed by atoms with Crippen LogP contribution in [0.2, 0.25) is 0 Å². The van der Waals surface area contributed by atoms with E-state index in [-0.39, 0.29) is 17.7 Å². The summed E-state index contributed by atoms with van der Waals surface area (Å²) >= 11 is 0. The Morgan fingerprint density at radius 2 is 1.54 bits per heavy atom. The summed E-state index contributed by atoms with van der Waals surface area (Å²) in [6.07, 6.45) is 13.4. The van der Waals surface area contributed by atoms with E-state index in [1.165, 1.54) is 44.1 Å². The average molecular weight is 527 g/mol. The zero-order valence-corrected chi connectivity index (χ0v) is 23.4. The zero-order valence-electron chi connectivity index (χ0n) is 23.4. The maximum absolute atomic E-state index is 14.2. The van der Waals surface area contributed by atoms with Gasteiger partial charge in [0.15, 0.2) is 0 Å². The van der Waals surface area contributed by atoms with Crippen molar-refractivity contribution in [3.8, 4) is 0 Å². The monoisotopic (exact) mass is 526 g/mol. The molecule has 1 aliphatic heterocycles. The second-order valence-corrected chi connectivity index (χ2v) is 11.9. The fourth-order valence-corrected chi connectivity index (χ4v) is 7.25. The Kier molecular flexibility index (Phi) is 7.71. The first-order valence-corrected chi connectivity index (χ1v) is 15.3. The molecule has 3 aliphatic rings. The summed E-state index contributed by atoms with van der Waals surface area (Å²) < 4.78 is 2.14. The smallest absolute Gasteiger partial charge is 0.243 e. The number of hydrogen-bond acceptors (Lipinski definition) is 3. The molecule has 1 atom stereocenters. The molecule has 0 spiro atoms. The number of carbonyl (C=O) groups is 2. The van der Waals surface area contributed by atoms with Crippen molar-refractivity contribution in [3.05, 3.63) is 59.9 Å². The van der Waals surface area contributed by atoms with Gasteiger partial charge in [0.1, 0.15) is 12.4 Å². The molecule has 3 fully saturated rings. The number of aromatic nitrogens is 2. The lowest BCUT2D eigenvalue weighted by molar-refractivity contribution is -0.138. The molecule has 2 saturated carbocycles. The molecule has 0 radical (unpaired) electrons. The van der Waals surface area contributed by atoms with E-state index >= 15 is 0 Å². The molecular weight excluding hydrogens is 484 g/mol. The van der Waals surface area contributed by atoms with Gasteiger partial charge >= 0.3 is 0 Å². The van der Waals surface area contributed by atoms with E-state index in [0.29, 0.717) is 31.6 Å². The molecule has 3 aromatic rings. The molecule has 0 N–H and O–H groups in total. The Hall–Kier alpha value is -3.15. The zero-order chi connectivity index (χ0) is 26.8. The Morgan fingerprint density at radius 3 is 2.18 bits per heavy atom. The van der Waals surface area contributed by atoms with Gasteiger partial charge in [-0.15, -0.1) is 0 Å². The summed E-state index contributed by atoms with van der Waals surface area (Å²) in [6, 6.07) is 17.2. The first-order valence-electron chi connectivity index (χ1n) is 15.3. The van der Waals surface area contributed by atoms with Crippen molar-refractivity contribution >= 4 is 28.5 Å². The fourth-order valence-electron chi connectivity index (χ4n) is 7.25. The lowest BCUT2D eigenvalue weighted by Crippen LogP contribution is -2.50. The van der Waals surface area contributed by atoms with E-state index in [0.717, 1.165) is 54.6 Å². The normalized spacial score (nSPS) is 21.1. The number of para-hydroxylation sites is 2. The van der Waals surface area contributed by atoms with Gasteiger partial charge in [-0.1, -0.05) is 69.7 Å². The van der Waals surface area contributed by atoms with Crippen molar-refractivity contribution in [1.29, 1.82) is 0 Å². The number of imidazole rings is 1. The van der Waals surface area contributed by atoms with E-state index in [4.69, 9.17) is 4.98 Å².